The number of carbonyl (C=O) groups is 1. The quantitative estimate of drug-likeness (QED) is 0.903. The maximum atomic E-state index is 12.3. The van der Waals surface area contributed by atoms with Gasteiger partial charge in [0.15, 0.2) is 0 Å². The summed E-state index contributed by atoms with van der Waals surface area (Å²) in [5, 5.41) is 7.60. The number of carbonyl (C=O) groups excluding carboxylic acids is 1. The summed E-state index contributed by atoms with van der Waals surface area (Å²) in [6.07, 6.45) is 5.45. The fourth-order valence-corrected chi connectivity index (χ4v) is 4.56. The first kappa shape index (κ1) is 15.1. The normalized spacial score (nSPS) is 28.9. The van der Waals surface area contributed by atoms with E-state index in [0.717, 1.165) is 27.7 Å². The molecule has 4 atom stereocenters. The van der Waals surface area contributed by atoms with Crippen molar-refractivity contribution in [1.82, 2.24) is 15.1 Å². The first-order valence-electron chi connectivity index (χ1n) is 7.94. The van der Waals surface area contributed by atoms with Crippen molar-refractivity contribution in [2.24, 2.45) is 17.8 Å². The van der Waals surface area contributed by atoms with Crippen LogP contribution >= 0.6 is 15.9 Å². The molecule has 3 rings (SSSR count). The maximum Gasteiger partial charge on any atom is 0.241 e. The van der Waals surface area contributed by atoms with E-state index in [4.69, 9.17) is 0 Å². The summed E-state index contributed by atoms with van der Waals surface area (Å²) >= 11 is 3.50. The van der Waals surface area contributed by atoms with E-state index < -0.39 is 0 Å². The monoisotopic (exact) mass is 353 g/mol. The lowest BCUT2D eigenvalue weighted by Crippen LogP contribution is -2.41. The van der Waals surface area contributed by atoms with Crippen molar-refractivity contribution in [3.63, 3.8) is 0 Å². The van der Waals surface area contributed by atoms with Crippen molar-refractivity contribution in [2.45, 2.75) is 59.0 Å². The van der Waals surface area contributed by atoms with Crippen LogP contribution < -0.4 is 5.32 Å². The van der Waals surface area contributed by atoms with E-state index in [2.05, 4.69) is 33.3 Å². The molecule has 4 nitrogen and oxygen atoms in total. The van der Waals surface area contributed by atoms with Crippen LogP contribution in [-0.4, -0.2) is 21.7 Å². The van der Waals surface area contributed by atoms with Gasteiger partial charge in [-0.3, -0.25) is 9.48 Å². The molecule has 2 aliphatic rings. The molecule has 1 amide bonds. The van der Waals surface area contributed by atoms with Gasteiger partial charge in [-0.25, -0.2) is 0 Å². The predicted molar refractivity (Wildman–Crippen MR) is 85.9 cm³/mol. The number of fused-ring (bicyclic) bond motifs is 2. The second kappa shape index (κ2) is 5.75. The highest BCUT2D eigenvalue weighted by Gasteiger charge is 2.42. The smallest absolute Gasteiger partial charge is 0.241 e. The number of halogens is 1. The van der Waals surface area contributed by atoms with Crippen LogP contribution in [0.1, 0.15) is 44.0 Å². The van der Waals surface area contributed by atoms with Gasteiger partial charge in [-0.1, -0.05) is 6.42 Å². The number of aromatic nitrogens is 2. The number of hydrogen-bond acceptors (Lipinski definition) is 2. The van der Waals surface area contributed by atoms with Gasteiger partial charge in [0.1, 0.15) is 6.54 Å². The fourth-order valence-electron chi connectivity index (χ4n) is 4.28. The van der Waals surface area contributed by atoms with E-state index in [1.54, 1.807) is 4.68 Å². The molecule has 0 spiro atoms. The van der Waals surface area contributed by atoms with Gasteiger partial charge in [0.05, 0.1) is 15.9 Å². The molecule has 5 heteroatoms. The zero-order chi connectivity index (χ0) is 15.1. The second-order valence-electron chi connectivity index (χ2n) is 6.84. The number of nitrogens with one attached hydrogen (secondary N) is 1. The first-order valence-corrected chi connectivity index (χ1v) is 8.74. The molecule has 116 valence electrons. The molecule has 1 heterocycles. The Labute approximate surface area is 134 Å². The third kappa shape index (κ3) is 2.89. The Balaban J connectivity index is 1.57. The topological polar surface area (TPSA) is 46.9 Å². The zero-order valence-electron chi connectivity index (χ0n) is 13.0. The average molecular weight is 354 g/mol. The van der Waals surface area contributed by atoms with Crippen molar-refractivity contribution in [3.8, 4) is 0 Å². The van der Waals surface area contributed by atoms with Gasteiger partial charge in [0, 0.05) is 6.04 Å². The van der Waals surface area contributed by atoms with Crippen LogP contribution in [0.5, 0.6) is 0 Å². The Morgan fingerprint density at radius 1 is 1.43 bits per heavy atom. The van der Waals surface area contributed by atoms with Crippen LogP contribution in [0.3, 0.4) is 0 Å². The molecule has 0 aliphatic heterocycles. The Kier molecular flexibility index (Phi) is 4.12. The standard InChI is InChI=1S/C16H24BrN3O/c1-9(14-7-12-4-5-13(14)6-12)18-15(21)8-20-11(3)16(17)10(2)19-20/h9,12-14H,4-8H2,1-3H3,(H,18,21). The molecule has 0 radical (unpaired) electrons. The fraction of sp³-hybridized carbons (Fsp3) is 0.750. The predicted octanol–water partition coefficient (Wildman–Crippen LogP) is 3.20. The molecular formula is C16H24BrN3O. The molecule has 1 aromatic rings. The minimum atomic E-state index is 0.0726. The number of rotatable bonds is 4. The summed E-state index contributed by atoms with van der Waals surface area (Å²) in [4.78, 5) is 12.3. The van der Waals surface area contributed by atoms with Gasteiger partial charge in [0.2, 0.25) is 5.91 Å². The third-order valence-electron chi connectivity index (χ3n) is 5.41. The highest BCUT2D eigenvalue weighted by Crippen LogP contribution is 2.49. The molecule has 2 bridgehead atoms. The van der Waals surface area contributed by atoms with Gasteiger partial charge in [0.25, 0.3) is 0 Å². The minimum absolute atomic E-state index is 0.0726. The zero-order valence-corrected chi connectivity index (χ0v) is 14.6. The Morgan fingerprint density at radius 2 is 2.19 bits per heavy atom. The summed E-state index contributed by atoms with van der Waals surface area (Å²) in [5.74, 6) is 2.52. The van der Waals surface area contributed by atoms with Crippen LogP contribution in [0, 0.1) is 31.6 Å². The number of amides is 1. The molecule has 0 saturated heterocycles. The highest BCUT2D eigenvalue weighted by molar-refractivity contribution is 9.10. The van der Waals surface area contributed by atoms with E-state index in [9.17, 15) is 4.79 Å². The van der Waals surface area contributed by atoms with E-state index >= 15 is 0 Å². The van der Waals surface area contributed by atoms with E-state index in [1.165, 1.54) is 25.7 Å². The van der Waals surface area contributed by atoms with Gasteiger partial charge >= 0.3 is 0 Å². The molecule has 2 aliphatic carbocycles. The molecule has 21 heavy (non-hydrogen) atoms. The molecular weight excluding hydrogens is 330 g/mol. The summed E-state index contributed by atoms with van der Waals surface area (Å²) in [7, 11) is 0. The van der Waals surface area contributed by atoms with Crippen LogP contribution in [-0.2, 0) is 11.3 Å². The average Bonchev–Trinajstić information content (AvgIpc) is 3.11. The molecule has 2 saturated carbocycles. The minimum Gasteiger partial charge on any atom is -0.352 e. The van der Waals surface area contributed by atoms with Gasteiger partial charge in [-0.05, 0) is 73.7 Å². The van der Waals surface area contributed by atoms with E-state index in [-0.39, 0.29) is 11.9 Å². The lowest BCUT2D eigenvalue weighted by molar-refractivity contribution is -0.123. The molecule has 1 aromatic heterocycles. The van der Waals surface area contributed by atoms with E-state index in [0.29, 0.717) is 12.5 Å². The van der Waals surface area contributed by atoms with Crippen molar-refractivity contribution in [3.05, 3.63) is 15.9 Å². The van der Waals surface area contributed by atoms with Crippen molar-refractivity contribution in [1.29, 1.82) is 0 Å². The van der Waals surface area contributed by atoms with Crippen LogP contribution in [0.25, 0.3) is 0 Å². The van der Waals surface area contributed by atoms with Crippen LogP contribution in [0.15, 0.2) is 4.47 Å². The van der Waals surface area contributed by atoms with Crippen molar-refractivity contribution in [2.75, 3.05) is 0 Å². The first-order chi connectivity index (χ1) is 9.95. The second-order valence-corrected chi connectivity index (χ2v) is 7.63. The summed E-state index contributed by atoms with van der Waals surface area (Å²) < 4.78 is 2.78. The SMILES string of the molecule is Cc1nn(CC(=O)NC(C)C2CC3CCC2C3)c(C)c1Br. The Hall–Kier alpha value is -0.840. The molecule has 4 unspecified atom stereocenters. The number of nitrogens with zero attached hydrogens (tertiary/aromatic N) is 2. The Bertz CT molecular complexity index is 554. The lowest BCUT2D eigenvalue weighted by Gasteiger charge is -2.28. The van der Waals surface area contributed by atoms with Gasteiger partial charge in [-0.15, -0.1) is 0 Å². The Morgan fingerprint density at radius 3 is 2.71 bits per heavy atom. The van der Waals surface area contributed by atoms with Crippen LogP contribution in [0.2, 0.25) is 0 Å². The highest BCUT2D eigenvalue weighted by atomic mass is 79.9. The van der Waals surface area contributed by atoms with Gasteiger partial charge < -0.3 is 5.32 Å². The van der Waals surface area contributed by atoms with E-state index in [1.807, 2.05) is 13.8 Å². The summed E-state index contributed by atoms with van der Waals surface area (Å²) in [6, 6.07) is 0.285. The number of hydrogen-bond donors (Lipinski definition) is 1. The lowest BCUT2D eigenvalue weighted by atomic mass is 9.84. The summed E-state index contributed by atoms with van der Waals surface area (Å²) in [6.45, 7) is 6.41. The molecule has 0 aromatic carbocycles. The van der Waals surface area contributed by atoms with Crippen LogP contribution in [0.4, 0.5) is 0 Å². The number of aryl methyl sites for hydroxylation is 1. The third-order valence-corrected chi connectivity index (χ3v) is 6.56. The molecule has 2 fully saturated rings. The molecule has 1 N–H and O–H groups in total. The van der Waals surface area contributed by atoms with Gasteiger partial charge in [-0.2, -0.15) is 5.10 Å². The van der Waals surface area contributed by atoms with Crippen molar-refractivity contribution >= 4 is 21.8 Å². The van der Waals surface area contributed by atoms with Crippen molar-refractivity contribution < 1.29 is 4.79 Å². The maximum absolute atomic E-state index is 12.3. The largest absolute Gasteiger partial charge is 0.352 e. The summed E-state index contributed by atoms with van der Waals surface area (Å²) in [5.41, 5.74) is 1.94.